The van der Waals surface area contributed by atoms with Crippen LogP contribution in [0.3, 0.4) is 0 Å². The molecule has 2 aliphatic rings. The fourth-order valence-corrected chi connectivity index (χ4v) is 6.72. The molecule has 1 heterocycles. The summed E-state index contributed by atoms with van der Waals surface area (Å²) in [6.07, 6.45) is 4.29. The second kappa shape index (κ2) is 10.7. The summed E-state index contributed by atoms with van der Waals surface area (Å²) in [6, 6.07) is 17.9. The molecular weight excluding hydrogens is 500 g/mol. The van der Waals surface area contributed by atoms with Gasteiger partial charge in [-0.25, -0.2) is 8.42 Å². The highest BCUT2D eigenvalue weighted by atomic mass is 32.2. The zero-order chi connectivity index (χ0) is 26.9. The third kappa shape index (κ3) is 5.10. The molecular formula is C30H34N2O5S. The highest BCUT2D eigenvalue weighted by molar-refractivity contribution is 7.92. The van der Waals surface area contributed by atoms with Gasteiger partial charge in [-0.2, -0.15) is 0 Å². The summed E-state index contributed by atoms with van der Waals surface area (Å²) in [6.45, 7) is 3.80. The first-order valence-electron chi connectivity index (χ1n) is 13.2. The number of anilines is 1. The molecule has 0 aromatic heterocycles. The van der Waals surface area contributed by atoms with Crippen molar-refractivity contribution in [2.45, 2.75) is 63.0 Å². The van der Waals surface area contributed by atoms with Gasteiger partial charge >= 0.3 is 0 Å². The predicted octanol–water partition coefficient (Wildman–Crippen LogP) is 5.11. The molecule has 5 rings (SSSR count). The van der Waals surface area contributed by atoms with E-state index in [2.05, 4.69) is 23.5 Å². The Morgan fingerprint density at radius 2 is 1.79 bits per heavy atom. The molecule has 1 N–H and O–H groups in total. The summed E-state index contributed by atoms with van der Waals surface area (Å²) in [5.74, 6) is 0.587. The SMILES string of the molecule is CC[C@@H](NC(=O)[C@H]1CN(S(=O)(=O)c2ccc(OC)cc2)c2cc(C)ccc2O1)c1ccc2c(c1)CCCC2. The lowest BCUT2D eigenvalue weighted by atomic mass is 9.88. The minimum Gasteiger partial charge on any atom is -0.497 e. The molecule has 0 unspecified atom stereocenters. The lowest BCUT2D eigenvalue weighted by Gasteiger charge is -2.35. The predicted molar refractivity (Wildman–Crippen MR) is 147 cm³/mol. The van der Waals surface area contributed by atoms with Crippen LogP contribution in [0.1, 0.15) is 54.5 Å². The van der Waals surface area contributed by atoms with E-state index in [0.29, 0.717) is 23.6 Å². The van der Waals surface area contributed by atoms with Crippen molar-refractivity contribution in [3.05, 3.63) is 82.9 Å². The van der Waals surface area contributed by atoms with E-state index < -0.39 is 16.1 Å². The fourth-order valence-electron chi connectivity index (χ4n) is 5.26. The number of hydrogen-bond acceptors (Lipinski definition) is 5. The van der Waals surface area contributed by atoms with E-state index in [1.54, 1.807) is 24.3 Å². The van der Waals surface area contributed by atoms with Gasteiger partial charge in [-0.15, -0.1) is 0 Å². The van der Waals surface area contributed by atoms with Crippen molar-refractivity contribution >= 4 is 21.6 Å². The van der Waals surface area contributed by atoms with Crippen LogP contribution in [-0.4, -0.2) is 34.1 Å². The van der Waals surface area contributed by atoms with Crippen LogP contribution in [0.25, 0.3) is 0 Å². The summed E-state index contributed by atoms with van der Waals surface area (Å²) in [5.41, 5.74) is 5.13. The Morgan fingerprint density at radius 3 is 2.50 bits per heavy atom. The van der Waals surface area contributed by atoms with E-state index in [9.17, 15) is 13.2 Å². The molecule has 1 aliphatic carbocycles. The molecule has 2 atom stereocenters. The molecule has 200 valence electrons. The smallest absolute Gasteiger partial charge is 0.264 e. The minimum atomic E-state index is -3.96. The standard InChI is InChI=1S/C30H34N2O5S/c1-4-26(23-11-10-21-7-5-6-8-22(21)18-23)31-30(33)29-19-32(27-17-20(2)9-16-28(27)37-29)38(34,35)25-14-12-24(36-3)13-15-25/h9-18,26,29H,4-8,19H2,1-3H3,(H,31,33)/t26-,29-/m1/s1. The monoisotopic (exact) mass is 534 g/mol. The van der Waals surface area contributed by atoms with Gasteiger partial charge in [-0.05, 0) is 97.7 Å². The highest BCUT2D eigenvalue weighted by Gasteiger charge is 2.38. The van der Waals surface area contributed by atoms with Crippen LogP contribution in [0.5, 0.6) is 11.5 Å². The van der Waals surface area contributed by atoms with Crippen molar-refractivity contribution in [3.63, 3.8) is 0 Å². The highest BCUT2D eigenvalue weighted by Crippen LogP contribution is 2.38. The second-order valence-corrected chi connectivity index (χ2v) is 11.9. The van der Waals surface area contributed by atoms with Crippen molar-refractivity contribution in [2.75, 3.05) is 18.0 Å². The summed E-state index contributed by atoms with van der Waals surface area (Å²) in [5, 5.41) is 3.13. The number of nitrogens with zero attached hydrogens (tertiary/aromatic N) is 1. The minimum absolute atomic E-state index is 0.118. The van der Waals surface area contributed by atoms with Crippen molar-refractivity contribution in [2.24, 2.45) is 0 Å². The molecule has 38 heavy (non-hydrogen) atoms. The van der Waals surface area contributed by atoms with Crippen LogP contribution in [0.15, 0.2) is 65.6 Å². The maximum Gasteiger partial charge on any atom is 0.264 e. The van der Waals surface area contributed by atoms with E-state index in [1.807, 2.05) is 19.9 Å². The molecule has 7 nitrogen and oxygen atoms in total. The number of nitrogens with one attached hydrogen (secondary N) is 1. The number of carbonyl (C=O) groups excluding carboxylic acids is 1. The lowest BCUT2D eigenvalue weighted by molar-refractivity contribution is -0.128. The van der Waals surface area contributed by atoms with Gasteiger partial charge in [0.25, 0.3) is 15.9 Å². The van der Waals surface area contributed by atoms with Crippen molar-refractivity contribution in [1.82, 2.24) is 5.32 Å². The van der Waals surface area contributed by atoms with Crippen molar-refractivity contribution in [3.8, 4) is 11.5 Å². The van der Waals surface area contributed by atoms with Crippen LogP contribution in [0.2, 0.25) is 0 Å². The third-order valence-electron chi connectivity index (χ3n) is 7.42. The van der Waals surface area contributed by atoms with Gasteiger partial charge in [0.05, 0.1) is 30.3 Å². The number of aryl methyl sites for hydroxylation is 3. The topological polar surface area (TPSA) is 84.9 Å². The Labute approximate surface area is 224 Å². The van der Waals surface area contributed by atoms with Crippen LogP contribution in [0.4, 0.5) is 5.69 Å². The summed E-state index contributed by atoms with van der Waals surface area (Å²) in [4.78, 5) is 13.6. The van der Waals surface area contributed by atoms with Crippen LogP contribution in [0, 0.1) is 6.92 Å². The number of sulfonamides is 1. The van der Waals surface area contributed by atoms with E-state index in [1.165, 1.54) is 47.5 Å². The molecule has 3 aromatic rings. The average Bonchev–Trinajstić information content (AvgIpc) is 2.94. The largest absolute Gasteiger partial charge is 0.497 e. The second-order valence-electron chi connectivity index (χ2n) is 9.99. The molecule has 3 aromatic carbocycles. The number of hydrogen-bond donors (Lipinski definition) is 1. The maximum atomic E-state index is 13.8. The molecule has 0 bridgehead atoms. The van der Waals surface area contributed by atoms with Crippen molar-refractivity contribution in [1.29, 1.82) is 0 Å². The lowest BCUT2D eigenvalue weighted by Crippen LogP contribution is -2.51. The van der Waals surface area contributed by atoms with Crippen LogP contribution >= 0.6 is 0 Å². The van der Waals surface area contributed by atoms with Crippen LogP contribution < -0.4 is 19.1 Å². The Morgan fingerprint density at radius 1 is 1.05 bits per heavy atom. The number of ether oxygens (including phenoxy) is 2. The summed E-state index contributed by atoms with van der Waals surface area (Å²) < 4.78 is 40.1. The zero-order valence-corrected chi connectivity index (χ0v) is 22.9. The van der Waals surface area contributed by atoms with Gasteiger partial charge in [0.1, 0.15) is 11.5 Å². The number of amides is 1. The molecule has 1 aliphatic heterocycles. The fraction of sp³-hybridized carbons (Fsp3) is 0.367. The Balaban J connectivity index is 1.42. The Hall–Kier alpha value is -3.52. The van der Waals surface area contributed by atoms with E-state index in [4.69, 9.17) is 9.47 Å². The molecule has 0 radical (unpaired) electrons. The molecule has 0 spiro atoms. The van der Waals surface area contributed by atoms with Crippen LogP contribution in [-0.2, 0) is 27.7 Å². The summed E-state index contributed by atoms with van der Waals surface area (Å²) in [7, 11) is -2.43. The van der Waals surface area contributed by atoms with Gasteiger partial charge < -0.3 is 14.8 Å². The molecule has 8 heteroatoms. The van der Waals surface area contributed by atoms with Gasteiger partial charge in [-0.1, -0.05) is 31.2 Å². The number of rotatable bonds is 7. The first kappa shape index (κ1) is 26.1. The number of benzene rings is 3. The van der Waals surface area contributed by atoms with Gasteiger partial charge in [0.2, 0.25) is 0 Å². The zero-order valence-electron chi connectivity index (χ0n) is 22.1. The number of fused-ring (bicyclic) bond motifs is 2. The normalized spacial score (nSPS) is 17.6. The van der Waals surface area contributed by atoms with Crippen molar-refractivity contribution < 1.29 is 22.7 Å². The first-order chi connectivity index (χ1) is 18.3. The third-order valence-corrected chi connectivity index (χ3v) is 9.22. The quantitative estimate of drug-likeness (QED) is 0.456. The first-order valence-corrected chi connectivity index (χ1v) is 14.6. The molecule has 0 saturated carbocycles. The van der Waals surface area contributed by atoms with E-state index in [0.717, 1.165) is 24.0 Å². The Kier molecular flexibility index (Phi) is 7.34. The van der Waals surface area contributed by atoms with E-state index in [-0.39, 0.29) is 23.4 Å². The maximum absolute atomic E-state index is 13.8. The van der Waals surface area contributed by atoms with Gasteiger partial charge in [-0.3, -0.25) is 9.10 Å². The number of methoxy groups -OCH3 is 1. The van der Waals surface area contributed by atoms with Gasteiger partial charge in [0, 0.05) is 0 Å². The molecule has 0 saturated heterocycles. The van der Waals surface area contributed by atoms with Gasteiger partial charge in [0.15, 0.2) is 6.10 Å². The summed E-state index contributed by atoms with van der Waals surface area (Å²) >= 11 is 0. The average molecular weight is 535 g/mol. The van der Waals surface area contributed by atoms with E-state index >= 15 is 0 Å². The molecule has 1 amide bonds. The Bertz CT molecular complexity index is 1440. The number of carbonyl (C=O) groups is 1. The molecule has 0 fully saturated rings.